The molecule has 0 aromatic heterocycles. The summed E-state index contributed by atoms with van der Waals surface area (Å²) < 4.78 is 0. The second-order valence-electron chi connectivity index (χ2n) is 7.15. The Morgan fingerprint density at radius 1 is 0.870 bits per heavy atom. The Kier molecular flexibility index (Phi) is 8.66. The van der Waals surface area contributed by atoms with Crippen LogP contribution in [0.5, 0.6) is 0 Å². The molecular formula is C20H35N3. The molecule has 0 heterocycles. The minimum atomic E-state index is 0.764. The second-order valence-corrected chi connectivity index (χ2v) is 7.15. The summed E-state index contributed by atoms with van der Waals surface area (Å²) in [6.45, 7) is 3.61. The second kappa shape index (κ2) is 10.8. The molecule has 0 saturated heterocycles. The number of rotatable bonds is 10. The Bertz CT molecular complexity index is 407. The number of aryl methyl sites for hydroxylation is 1. The quantitative estimate of drug-likeness (QED) is 0.581. The van der Waals surface area contributed by atoms with Crippen LogP contribution in [0.25, 0.3) is 0 Å². The highest BCUT2D eigenvalue weighted by Crippen LogP contribution is 2.31. The van der Waals surface area contributed by atoms with Gasteiger partial charge in [-0.05, 0) is 74.7 Å². The van der Waals surface area contributed by atoms with Gasteiger partial charge < -0.3 is 16.8 Å². The van der Waals surface area contributed by atoms with E-state index in [4.69, 9.17) is 11.5 Å². The molecule has 1 aliphatic rings. The lowest BCUT2D eigenvalue weighted by Gasteiger charge is -2.27. The van der Waals surface area contributed by atoms with Crippen molar-refractivity contribution in [3.8, 4) is 0 Å². The van der Waals surface area contributed by atoms with E-state index in [-0.39, 0.29) is 0 Å². The van der Waals surface area contributed by atoms with E-state index in [1.165, 1.54) is 56.1 Å². The van der Waals surface area contributed by atoms with E-state index in [1.54, 1.807) is 0 Å². The van der Waals surface area contributed by atoms with E-state index in [1.807, 2.05) is 0 Å². The van der Waals surface area contributed by atoms with E-state index in [0.29, 0.717) is 0 Å². The van der Waals surface area contributed by atoms with Gasteiger partial charge in [0.2, 0.25) is 0 Å². The third-order valence-electron chi connectivity index (χ3n) is 5.29. The lowest BCUT2D eigenvalue weighted by molar-refractivity contribution is 0.264. The van der Waals surface area contributed by atoms with Crippen LogP contribution in [0.4, 0.5) is 0 Å². The first kappa shape index (κ1) is 18.4. The van der Waals surface area contributed by atoms with Gasteiger partial charge in [-0.2, -0.15) is 0 Å². The normalized spacial score (nSPS) is 21.5. The van der Waals surface area contributed by atoms with Crippen molar-refractivity contribution in [2.45, 2.75) is 57.9 Å². The zero-order valence-corrected chi connectivity index (χ0v) is 14.6. The number of nitrogens with one attached hydrogen (secondary N) is 1. The molecular weight excluding hydrogens is 282 g/mol. The summed E-state index contributed by atoms with van der Waals surface area (Å²) in [4.78, 5) is 0. The topological polar surface area (TPSA) is 64.1 Å². The van der Waals surface area contributed by atoms with Crippen LogP contribution in [0.2, 0.25) is 0 Å². The molecule has 1 fully saturated rings. The van der Waals surface area contributed by atoms with Crippen molar-refractivity contribution in [1.29, 1.82) is 0 Å². The van der Waals surface area contributed by atoms with Crippen molar-refractivity contribution in [1.82, 2.24) is 5.32 Å². The van der Waals surface area contributed by atoms with Crippen molar-refractivity contribution < 1.29 is 0 Å². The highest BCUT2D eigenvalue weighted by molar-refractivity contribution is 5.22. The van der Waals surface area contributed by atoms with Crippen molar-refractivity contribution in [3.05, 3.63) is 35.4 Å². The first-order chi connectivity index (χ1) is 11.3. The van der Waals surface area contributed by atoms with Crippen molar-refractivity contribution >= 4 is 0 Å². The zero-order valence-electron chi connectivity index (χ0n) is 14.6. The van der Waals surface area contributed by atoms with Crippen molar-refractivity contribution in [3.63, 3.8) is 0 Å². The molecule has 1 aromatic carbocycles. The maximum Gasteiger partial charge on any atom is 0.0205 e. The molecule has 3 heteroatoms. The molecule has 0 bridgehead atoms. The first-order valence-corrected chi connectivity index (χ1v) is 9.50. The molecule has 1 aliphatic carbocycles. The van der Waals surface area contributed by atoms with Crippen LogP contribution in [0.3, 0.4) is 0 Å². The van der Waals surface area contributed by atoms with Crippen molar-refractivity contribution in [2.24, 2.45) is 23.3 Å². The molecule has 1 aromatic rings. The smallest absolute Gasteiger partial charge is 0.0205 e. The molecule has 0 amide bonds. The van der Waals surface area contributed by atoms with Crippen molar-refractivity contribution in [2.75, 3.05) is 19.6 Å². The monoisotopic (exact) mass is 317 g/mol. The number of nitrogens with two attached hydrogens (primary N) is 2. The fourth-order valence-corrected chi connectivity index (χ4v) is 3.63. The standard InChI is InChI=1S/C20H35N3/c21-13-2-14-23-16-20-11-7-18(8-12-20)4-1-3-17-5-9-19(15-22)10-6-17/h7-8,11-12,17,19,23H,1-6,9-10,13-16,21-22H2. The van der Waals surface area contributed by atoms with Gasteiger partial charge in [0.15, 0.2) is 0 Å². The minimum absolute atomic E-state index is 0.764. The third kappa shape index (κ3) is 7.03. The van der Waals surface area contributed by atoms with Gasteiger partial charge in [0, 0.05) is 6.54 Å². The van der Waals surface area contributed by atoms with Gasteiger partial charge in [0.25, 0.3) is 0 Å². The zero-order chi connectivity index (χ0) is 16.3. The summed E-state index contributed by atoms with van der Waals surface area (Å²) in [7, 11) is 0. The summed E-state index contributed by atoms with van der Waals surface area (Å²) in [5.41, 5.74) is 14.1. The summed E-state index contributed by atoms with van der Waals surface area (Å²) >= 11 is 0. The average molecular weight is 318 g/mol. The van der Waals surface area contributed by atoms with Gasteiger partial charge >= 0.3 is 0 Å². The van der Waals surface area contributed by atoms with Gasteiger partial charge in [-0.25, -0.2) is 0 Å². The molecule has 0 radical (unpaired) electrons. The molecule has 5 N–H and O–H groups in total. The highest BCUT2D eigenvalue weighted by atomic mass is 14.8. The Hall–Kier alpha value is -0.900. The predicted octanol–water partition coefficient (Wildman–Crippen LogP) is 3.21. The van der Waals surface area contributed by atoms with Gasteiger partial charge in [0.05, 0.1) is 0 Å². The fourth-order valence-electron chi connectivity index (χ4n) is 3.63. The molecule has 3 nitrogen and oxygen atoms in total. The van der Waals surface area contributed by atoms with Gasteiger partial charge in [-0.3, -0.25) is 0 Å². The molecule has 2 rings (SSSR count). The van der Waals surface area contributed by atoms with E-state index in [2.05, 4.69) is 29.6 Å². The highest BCUT2D eigenvalue weighted by Gasteiger charge is 2.19. The average Bonchev–Trinajstić information content (AvgIpc) is 2.60. The largest absolute Gasteiger partial charge is 0.330 e. The van der Waals surface area contributed by atoms with Crippen LogP contribution >= 0.6 is 0 Å². The Morgan fingerprint density at radius 3 is 2.17 bits per heavy atom. The van der Waals surface area contributed by atoms with E-state index < -0.39 is 0 Å². The lowest BCUT2D eigenvalue weighted by Crippen LogP contribution is -2.21. The van der Waals surface area contributed by atoms with E-state index in [0.717, 1.165) is 44.4 Å². The van der Waals surface area contributed by atoms with Gasteiger partial charge in [-0.1, -0.05) is 43.5 Å². The lowest BCUT2D eigenvalue weighted by atomic mass is 9.80. The van der Waals surface area contributed by atoms with Crippen LogP contribution in [0.15, 0.2) is 24.3 Å². The number of benzene rings is 1. The predicted molar refractivity (Wildman–Crippen MR) is 99.3 cm³/mol. The Labute approximate surface area is 142 Å². The van der Waals surface area contributed by atoms with Crippen LogP contribution in [-0.2, 0) is 13.0 Å². The van der Waals surface area contributed by atoms with Gasteiger partial charge in [-0.15, -0.1) is 0 Å². The Balaban J connectivity index is 1.60. The first-order valence-electron chi connectivity index (χ1n) is 9.50. The molecule has 0 unspecified atom stereocenters. The van der Waals surface area contributed by atoms with E-state index in [9.17, 15) is 0 Å². The third-order valence-corrected chi connectivity index (χ3v) is 5.29. The summed E-state index contributed by atoms with van der Waals surface area (Å²) in [6.07, 6.45) is 10.5. The van der Waals surface area contributed by atoms with Crippen LogP contribution in [-0.4, -0.2) is 19.6 Å². The molecule has 23 heavy (non-hydrogen) atoms. The van der Waals surface area contributed by atoms with Crippen LogP contribution in [0, 0.1) is 11.8 Å². The van der Waals surface area contributed by atoms with E-state index >= 15 is 0 Å². The number of hydrogen-bond acceptors (Lipinski definition) is 3. The fraction of sp³-hybridized carbons (Fsp3) is 0.700. The Morgan fingerprint density at radius 2 is 1.52 bits per heavy atom. The summed E-state index contributed by atoms with van der Waals surface area (Å²) in [5.74, 6) is 1.75. The minimum Gasteiger partial charge on any atom is -0.330 e. The SMILES string of the molecule is NCCCNCc1ccc(CCCC2CCC(CN)CC2)cc1. The molecule has 1 saturated carbocycles. The summed E-state index contributed by atoms with van der Waals surface area (Å²) in [6, 6.07) is 9.12. The van der Waals surface area contributed by atoms with Gasteiger partial charge in [0.1, 0.15) is 0 Å². The molecule has 0 aliphatic heterocycles. The number of hydrogen-bond donors (Lipinski definition) is 3. The van der Waals surface area contributed by atoms with Crippen LogP contribution < -0.4 is 16.8 Å². The van der Waals surface area contributed by atoms with Crippen LogP contribution in [0.1, 0.15) is 56.1 Å². The molecule has 130 valence electrons. The summed E-state index contributed by atoms with van der Waals surface area (Å²) in [5, 5.41) is 3.43. The molecule has 0 atom stereocenters. The maximum absolute atomic E-state index is 5.77. The maximum atomic E-state index is 5.77. The molecule has 0 spiro atoms.